The van der Waals surface area contributed by atoms with E-state index >= 15 is 0 Å². The average Bonchev–Trinajstić information content (AvgIpc) is 2.80. The SMILES string of the molecule is CC(C)C1C=CC2=C(Cc3cc([S+](c4ccccc4)c4ccccc4)ccc3S2)C1=O. The molecule has 1 atom stereocenters. The Kier molecular flexibility index (Phi) is 5.64. The highest BCUT2D eigenvalue weighted by molar-refractivity contribution is 8.03. The third kappa shape index (κ3) is 3.93. The molecule has 3 aromatic rings. The van der Waals surface area contributed by atoms with Crippen LogP contribution in [0, 0.1) is 11.8 Å². The van der Waals surface area contributed by atoms with Crippen LogP contribution < -0.4 is 0 Å². The van der Waals surface area contributed by atoms with Gasteiger partial charge in [-0.2, -0.15) is 0 Å². The molecule has 1 nitrogen and oxygen atoms in total. The highest BCUT2D eigenvalue weighted by atomic mass is 32.2. The molecule has 0 saturated heterocycles. The van der Waals surface area contributed by atoms with Crippen molar-refractivity contribution in [1.82, 2.24) is 0 Å². The van der Waals surface area contributed by atoms with Crippen LogP contribution in [0.4, 0.5) is 0 Å². The maximum Gasteiger partial charge on any atom is 0.167 e. The normalized spacial score (nSPS) is 17.8. The Bertz CT molecular complexity index is 1140. The van der Waals surface area contributed by atoms with Gasteiger partial charge in [0, 0.05) is 27.7 Å². The van der Waals surface area contributed by atoms with Gasteiger partial charge in [0.2, 0.25) is 0 Å². The Morgan fingerprint density at radius 1 is 0.871 bits per heavy atom. The van der Waals surface area contributed by atoms with Gasteiger partial charge >= 0.3 is 0 Å². The molecule has 154 valence electrons. The molecular weight excluding hydrogens is 416 g/mol. The van der Waals surface area contributed by atoms with Crippen molar-refractivity contribution in [1.29, 1.82) is 0 Å². The van der Waals surface area contributed by atoms with E-state index in [0.717, 1.165) is 16.9 Å². The first-order valence-electron chi connectivity index (χ1n) is 10.7. The first-order chi connectivity index (χ1) is 15.1. The van der Waals surface area contributed by atoms with E-state index in [9.17, 15) is 4.79 Å². The lowest BCUT2D eigenvalue weighted by Crippen LogP contribution is -2.25. The van der Waals surface area contributed by atoms with Gasteiger partial charge in [-0.25, -0.2) is 0 Å². The number of benzene rings is 3. The predicted octanol–water partition coefficient (Wildman–Crippen LogP) is 7.10. The van der Waals surface area contributed by atoms with E-state index in [-0.39, 0.29) is 16.8 Å². The summed E-state index contributed by atoms with van der Waals surface area (Å²) in [6.07, 6.45) is 5.00. The van der Waals surface area contributed by atoms with Crippen molar-refractivity contribution in [2.75, 3.05) is 0 Å². The van der Waals surface area contributed by atoms with Gasteiger partial charge < -0.3 is 0 Å². The van der Waals surface area contributed by atoms with Crippen LogP contribution in [0.2, 0.25) is 0 Å². The molecule has 1 heterocycles. The lowest BCUT2D eigenvalue weighted by Gasteiger charge is -2.27. The molecule has 2 aliphatic rings. The van der Waals surface area contributed by atoms with E-state index in [1.54, 1.807) is 11.8 Å². The Balaban J connectivity index is 1.54. The summed E-state index contributed by atoms with van der Waals surface area (Å²) in [5.74, 6) is 0.645. The van der Waals surface area contributed by atoms with Crippen LogP contribution in [0.1, 0.15) is 19.4 Å². The maximum atomic E-state index is 13.2. The summed E-state index contributed by atoms with van der Waals surface area (Å²) in [5, 5.41) is 0. The average molecular weight is 442 g/mol. The van der Waals surface area contributed by atoms with Crippen molar-refractivity contribution in [2.45, 2.75) is 39.9 Å². The standard InChI is InChI=1S/C28H25OS2/c1-19(2)24-14-16-27-25(28(24)29)18-20-17-23(13-15-26(20)30-27)31(21-9-5-3-6-10-21)22-11-7-4-8-12-22/h3-17,19,24H,18H2,1-2H3/q+1. The summed E-state index contributed by atoms with van der Waals surface area (Å²) in [4.78, 5) is 19.5. The number of ketones is 1. The topological polar surface area (TPSA) is 17.1 Å². The van der Waals surface area contributed by atoms with Gasteiger partial charge in [0.25, 0.3) is 0 Å². The molecule has 1 unspecified atom stereocenters. The monoisotopic (exact) mass is 441 g/mol. The summed E-state index contributed by atoms with van der Waals surface area (Å²) in [7, 11) is -0.170. The van der Waals surface area contributed by atoms with Crippen molar-refractivity contribution in [2.24, 2.45) is 11.8 Å². The summed E-state index contributed by atoms with van der Waals surface area (Å²) in [5.41, 5.74) is 2.27. The minimum absolute atomic E-state index is 0.00680. The minimum Gasteiger partial charge on any atom is -0.294 e. The summed E-state index contributed by atoms with van der Waals surface area (Å²) in [6, 6.07) is 28.3. The van der Waals surface area contributed by atoms with Crippen molar-refractivity contribution in [3.05, 3.63) is 107 Å². The highest BCUT2D eigenvalue weighted by Gasteiger charge is 2.34. The number of hydrogen-bond donors (Lipinski definition) is 0. The molecule has 5 rings (SSSR count). The van der Waals surface area contributed by atoms with Crippen LogP contribution in [-0.2, 0) is 22.1 Å². The van der Waals surface area contributed by atoms with Gasteiger partial charge in [0.1, 0.15) is 0 Å². The number of hydrogen-bond acceptors (Lipinski definition) is 2. The number of rotatable bonds is 4. The molecule has 0 amide bonds. The fourth-order valence-corrected chi connectivity index (χ4v) is 7.46. The highest BCUT2D eigenvalue weighted by Crippen LogP contribution is 2.44. The smallest absolute Gasteiger partial charge is 0.167 e. The van der Waals surface area contributed by atoms with Crippen LogP contribution in [0.15, 0.2) is 121 Å². The van der Waals surface area contributed by atoms with Crippen molar-refractivity contribution in [3.63, 3.8) is 0 Å². The van der Waals surface area contributed by atoms with Crippen LogP contribution in [0.3, 0.4) is 0 Å². The zero-order chi connectivity index (χ0) is 21.4. The van der Waals surface area contributed by atoms with Gasteiger partial charge in [-0.1, -0.05) is 74.2 Å². The number of thioether (sulfide) groups is 1. The molecule has 1 aliphatic carbocycles. The van der Waals surface area contributed by atoms with Gasteiger partial charge in [0.05, 0.1) is 10.9 Å². The van der Waals surface area contributed by atoms with E-state index in [1.807, 2.05) is 0 Å². The van der Waals surface area contributed by atoms with Crippen LogP contribution in [-0.4, -0.2) is 5.78 Å². The Hall–Kier alpha value is -2.49. The van der Waals surface area contributed by atoms with E-state index in [1.165, 1.54) is 25.1 Å². The lowest BCUT2D eigenvalue weighted by molar-refractivity contribution is -0.119. The van der Waals surface area contributed by atoms with Crippen molar-refractivity contribution in [3.8, 4) is 0 Å². The molecule has 3 heteroatoms. The van der Waals surface area contributed by atoms with Crippen LogP contribution in [0.25, 0.3) is 0 Å². The minimum atomic E-state index is -0.170. The lowest BCUT2D eigenvalue weighted by atomic mass is 9.82. The van der Waals surface area contributed by atoms with E-state index in [2.05, 4.69) is 105 Å². The van der Waals surface area contributed by atoms with Gasteiger partial charge in [-0.15, -0.1) is 0 Å². The first-order valence-corrected chi connectivity index (χ1v) is 12.8. The second-order valence-corrected chi connectivity index (χ2v) is 11.4. The second-order valence-electron chi connectivity index (χ2n) is 8.32. The number of carbonyl (C=O) groups is 1. The molecule has 0 fully saturated rings. The zero-order valence-electron chi connectivity index (χ0n) is 17.7. The Labute approximate surface area is 191 Å². The zero-order valence-corrected chi connectivity index (χ0v) is 19.4. The van der Waals surface area contributed by atoms with E-state index < -0.39 is 0 Å². The fraction of sp³-hybridized carbons (Fsp3) is 0.179. The van der Waals surface area contributed by atoms with Gasteiger partial charge in [-0.3, -0.25) is 4.79 Å². The largest absolute Gasteiger partial charge is 0.294 e. The van der Waals surface area contributed by atoms with E-state index in [0.29, 0.717) is 11.7 Å². The summed E-state index contributed by atoms with van der Waals surface area (Å²) < 4.78 is 0. The fourth-order valence-electron chi connectivity index (χ4n) is 4.25. The van der Waals surface area contributed by atoms with Crippen molar-refractivity contribution < 1.29 is 4.79 Å². The van der Waals surface area contributed by atoms with E-state index in [4.69, 9.17) is 0 Å². The molecule has 3 aromatic carbocycles. The molecule has 0 spiro atoms. The third-order valence-corrected chi connectivity index (χ3v) is 9.32. The summed E-state index contributed by atoms with van der Waals surface area (Å²) >= 11 is 1.75. The molecule has 0 bridgehead atoms. The van der Waals surface area contributed by atoms with Gasteiger partial charge in [0.15, 0.2) is 20.5 Å². The molecular formula is C28H25OS2+. The van der Waals surface area contributed by atoms with Gasteiger partial charge in [-0.05, 0) is 53.9 Å². The Morgan fingerprint density at radius 3 is 2.13 bits per heavy atom. The number of carbonyl (C=O) groups excluding carboxylic acids is 1. The molecule has 0 saturated carbocycles. The molecule has 0 aromatic heterocycles. The maximum absolute atomic E-state index is 13.2. The van der Waals surface area contributed by atoms with Crippen molar-refractivity contribution >= 4 is 28.4 Å². The number of allylic oxidation sites excluding steroid dienone is 3. The Morgan fingerprint density at radius 2 is 1.52 bits per heavy atom. The number of Topliss-reactive ketones (excluding diaryl/α,β-unsaturated/α-hetero) is 1. The molecule has 0 N–H and O–H groups in total. The quantitative estimate of drug-likeness (QED) is 0.402. The second kappa shape index (κ2) is 8.57. The third-order valence-electron chi connectivity index (χ3n) is 5.88. The molecule has 0 radical (unpaired) electrons. The molecule has 1 aliphatic heterocycles. The van der Waals surface area contributed by atoms with Crippen LogP contribution in [0.5, 0.6) is 0 Å². The van der Waals surface area contributed by atoms with Crippen LogP contribution >= 0.6 is 11.8 Å². The predicted molar refractivity (Wildman–Crippen MR) is 131 cm³/mol. The molecule has 31 heavy (non-hydrogen) atoms. The summed E-state index contributed by atoms with van der Waals surface area (Å²) in [6.45, 7) is 4.26. The number of fused-ring (bicyclic) bond motifs is 1. The first kappa shape index (κ1) is 20.4.